The fourth-order valence-corrected chi connectivity index (χ4v) is 4.89. The third-order valence-electron chi connectivity index (χ3n) is 6.25. The summed E-state index contributed by atoms with van der Waals surface area (Å²) < 4.78 is 5.68. The average Bonchev–Trinajstić information content (AvgIpc) is 3.15. The Balaban J connectivity index is 1.79. The number of nitrogens with one attached hydrogen (secondary N) is 1. The minimum atomic E-state index is -1.01. The van der Waals surface area contributed by atoms with Crippen molar-refractivity contribution in [2.45, 2.75) is 31.8 Å². The lowest BCUT2D eigenvalue weighted by Crippen LogP contribution is -2.53. The summed E-state index contributed by atoms with van der Waals surface area (Å²) in [5.74, 6) is 0.653. The molecule has 0 bridgehead atoms. The molecule has 2 aliphatic rings. The summed E-state index contributed by atoms with van der Waals surface area (Å²) >= 11 is 0. The van der Waals surface area contributed by atoms with Crippen LogP contribution in [0.4, 0.5) is 4.79 Å². The van der Waals surface area contributed by atoms with Crippen LogP contribution in [0, 0.1) is 0 Å². The second kappa shape index (κ2) is 6.26. The fourth-order valence-electron chi connectivity index (χ4n) is 4.89. The third kappa shape index (κ3) is 2.38. The van der Waals surface area contributed by atoms with Crippen molar-refractivity contribution in [3.63, 3.8) is 0 Å². The molecule has 0 aliphatic carbocycles. The van der Waals surface area contributed by atoms with Gasteiger partial charge in [-0.25, -0.2) is 4.79 Å². The van der Waals surface area contributed by atoms with Gasteiger partial charge in [0.05, 0.1) is 6.61 Å². The number of phenolic OH excluding ortho intramolecular Hbond substituents is 1. The molecular formula is C23H23N3O4. The summed E-state index contributed by atoms with van der Waals surface area (Å²) in [6.45, 7) is 4.32. The zero-order valence-electron chi connectivity index (χ0n) is 17.1. The highest BCUT2D eigenvalue weighted by Crippen LogP contribution is 2.48. The number of urea groups is 1. The second-order valence-corrected chi connectivity index (χ2v) is 8.12. The molecule has 3 amide bonds. The van der Waals surface area contributed by atoms with Crippen LogP contribution in [0.5, 0.6) is 11.5 Å². The van der Waals surface area contributed by atoms with Crippen LogP contribution < -0.4 is 4.74 Å². The molecule has 1 saturated heterocycles. The number of hydrogen-bond donors (Lipinski definition) is 2. The molecule has 1 aromatic heterocycles. The smallest absolute Gasteiger partial charge is 0.328 e. The molecule has 7 heteroatoms. The Morgan fingerprint density at radius 3 is 2.77 bits per heavy atom. The molecule has 2 atom stereocenters. The molecule has 2 N–H and O–H groups in total. The van der Waals surface area contributed by atoms with E-state index in [4.69, 9.17) is 4.74 Å². The summed E-state index contributed by atoms with van der Waals surface area (Å²) in [7, 11) is 1.52. The number of aromatic nitrogens is 1. The van der Waals surface area contributed by atoms with E-state index >= 15 is 0 Å². The molecule has 3 heterocycles. The lowest BCUT2D eigenvalue weighted by molar-refractivity contribution is -0.132. The van der Waals surface area contributed by atoms with Gasteiger partial charge in [0, 0.05) is 30.1 Å². The van der Waals surface area contributed by atoms with Gasteiger partial charge in [0.15, 0.2) is 0 Å². The maximum Gasteiger partial charge on any atom is 0.328 e. The summed E-state index contributed by atoms with van der Waals surface area (Å²) in [6.07, 6.45) is 0.405. The largest absolute Gasteiger partial charge is 0.508 e. The number of phenols is 1. The number of aromatic hydroxyl groups is 1. The number of benzene rings is 2. The summed E-state index contributed by atoms with van der Waals surface area (Å²) in [5.41, 5.74) is 2.52. The van der Waals surface area contributed by atoms with Crippen LogP contribution in [0.2, 0.25) is 0 Å². The van der Waals surface area contributed by atoms with Crippen LogP contribution >= 0.6 is 0 Å². The van der Waals surface area contributed by atoms with Crippen LogP contribution in [0.15, 0.2) is 42.5 Å². The Kier molecular flexibility index (Phi) is 3.87. The Hall–Kier alpha value is -3.48. The maximum atomic E-state index is 13.1. The predicted octanol–water partition coefficient (Wildman–Crippen LogP) is 3.57. The summed E-state index contributed by atoms with van der Waals surface area (Å²) in [4.78, 5) is 32.6. The van der Waals surface area contributed by atoms with Crippen LogP contribution in [0.1, 0.15) is 36.7 Å². The van der Waals surface area contributed by atoms with Gasteiger partial charge in [0.2, 0.25) is 0 Å². The Labute approximate surface area is 173 Å². The van der Waals surface area contributed by atoms with Crippen LogP contribution in [0.25, 0.3) is 10.9 Å². The van der Waals surface area contributed by atoms with Crippen molar-refractivity contribution >= 4 is 22.8 Å². The van der Waals surface area contributed by atoms with Gasteiger partial charge in [-0.1, -0.05) is 12.1 Å². The number of carbonyl (C=O) groups is 2. The van der Waals surface area contributed by atoms with E-state index in [1.807, 2.05) is 38.1 Å². The van der Waals surface area contributed by atoms with E-state index in [0.717, 1.165) is 33.5 Å². The predicted molar refractivity (Wildman–Crippen MR) is 112 cm³/mol. The number of likely N-dealkylation sites (N-methyl/N-ethyl adjacent to an activating group) is 1. The lowest BCUT2D eigenvalue weighted by Gasteiger charge is -2.42. The van der Waals surface area contributed by atoms with Gasteiger partial charge in [0.25, 0.3) is 5.91 Å². The molecule has 0 saturated carbocycles. The second-order valence-electron chi connectivity index (χ2n) is 8.12. The normalized spacial score (nSPS) is 23.1. The highest BCUT2D eigenvalue weighted by Gasteiger charge is 2.59. The molecule has 0 spiro atoms. The number of aromatic amines is 1. The van der Waals surface area contributed by atoms with Crippen LogP contribution in [-0.2, 0) is 11.2 Å². The molecule has 0 radical (unpaired) electrons. The number of H-pyrrole nitrogens is 1. The van der Waals surface area contributed by atoms with Gasteiger partial charge >= 0.3 is 6.03 Å². The van der Waals surface area contributed by atoms with E-state index in [2.05, 4.69) is 4.98 Å². The Bertz CT molecular complexity index is 1200. The quantitative estimate of drug-likeness (QED) is 0.653. The molecule has 2 aromatic carbocycles. The van der Waals surface area contributed by atoms with E-state index in [0.29, 0.717) is 13.0 Å². The van der Waals surface area contributed by atoms with E-state index in [-0.39, 0.29) is 17.7 Å². The zero-order valence-corrected chi connectivity index (χ0v) is 17.1. The highest BCUT2D eigenvalue weighted by atomic mass is 16.5. The molecule has 154 valence electrons. The van der Waals surface area contributed by atoms with Crippen molar-refractivity contribution in [3.05, 3.63) is 59.3 Å². The standard InChI is InChI=1S/C23H23N3O4/c1-4-30-15-8-9-18-16(11-15)17-12-23(2)21(28)25(3)22(29)26(23)20(19(17)24-18)13-6-5-7-14(27)10-13/h5-11,20,24,27H,4,12H2,1-3H3. The first-order valence-electron chi connectivity index (χ1n) is 10.0. The van der Waals surface area contributed by atoms with E-state index in [9.17, 15) is 14.7 Å². The van der Waals surface area contributed by atoms with Gasteiger partial charge in [0.1, 0.15) is 23.1 Å². The summed E-state index contributed by atoms with van der Waals surface area (Å²) in [6, 6.07) is 11.8. The molecular weight excluding hydrogens is 382 g/mol. The van der Waals surface area contributed by atoms with Crippen molar-refractivity contribution in [1.82, 2.24) is 14.8 Å². The average molecular weight is 405 g/mol. The Morgan fingerprint density at radius 1 is 1.23 bits per heavy atom. The monoisotopic (exact) mass is 405 g/mol. The van der Waals surface area contributed by atoms with Gasteiger partial charge in [-0.15, -0.1) is 0 Å². The SMILES string of the molecule is CCOc1ccc2[nH]c3c(c2c1)CC1(C)C(=O)N(C)C(=O)N1C3c1cccc(O)c1. The highest BCUT2D eigenvalue weighted by molar-refractivity contribution is 6.08. The zero-order chi connectivity index (χ0) is 21.2. The maximum absolute atomic E-state index is 13.1. The molecule has 2 unspecified atom stereocenters. The number of fused-ring (bicyclic) bond motifs is 4. The number of carbonyl (C=O) groups excluding carboxylic acids is 2. The minimum absolute atomic E-state index is 0.113. The first-order valence-corrected chi connectivity index (χ1v) is 10.0. The van der Waals surface area contributed by atoms with Crippen molar-refractivity contribution in [3.8, 4) is 11.5 Å². The number of nitrogens with zero attached hydrogens (tertiary/aromatic N) is 2. The molecule has 2 aliphatic heterocycles. The minimum Gasteiger partial charge on any atom is -0.508 e. The van der Waals surface area contributed by atoms with Gasteiger partial charge < -0.3 is 14.8 Å². The van der Waals surface area contributed by atoms with Crippen LogP contribution in [-0.4, -0.2) is 51.0 Å². The molecule has 3 aromatic rings. The van der Waals surface area contributed by atoms with Crippen molar-refractivity contribution in [2.24, 2.45) is 0 Å². The fraction of sp³-hybridized carbons (Fsp3) is 0.304. The summed E-state index contributed by atoms with van der Waals surface area (Å²) in [5, 5.41) is 11.1. The molecule has 1 fully saturated rings. The third-order valence-corrected chi connectivity index (χ3v) is 6.25. The lowest BCUT2D eigenvalue weighted by atomic mass is 9.81. The van der Waals surface area contributed by atoms with Gasteiger partial charge in [-0.05, 0) is 55.3 Å². The number of imide groups is 1. The first kappa shape index (κ1) is 18.5. The van der Waals surface area contributed by atoms with E-state index in [1.165, 1.54) is 11.9 Å². The first-order chi connectivity index (χ1) is 14.3. The number of rotatable bonds is 3. The number of ether oxygens (including phenoxy) is 1. The van der Waals surface area contributed by atoms with Gasteiger partial charge in [-0.3, -0.25) is 14.6 Å². The van der Waals surface area contributed by atoms with Crippen molar-refractivity contribution in [2.75, 3.05) is 13.7 Å². The Morgan fingerprint density at radius 2 is 2.03 bits per heavy atom. The molecule has 30 heavy (non-hydrogen) atoms. The van der Waals surface area contributed by atoms with Crippen molar-refractivity contribution in [1.29, 1.82) is 0 Å². The molecule has 7 nitrogen and oxygen atoms in total. The van der Waals surface area contributed by atoms with E-state index in [1.54, 1.807) is 23.1 Å². The van der Waals surface area contributed by atoms with Crippen LogP contribution in [0.3, 0.4) is 0 Å². The topological polar surface area (TPSA) is 85.9 Å². The van der Waals surface area contributed by atoms with E-state index < -0.39 is 11.6 Å². The number of hydrogen-bond acceptors (Lipinski definition) is 4. The van der Waals surface area contributed by atoms with Crippen molar-refractivity contribution < 1.29 is 19.4 Å². The molecule has 5 rings (SSSR count). The van der Waals surface area contributed by atoms with Gasteiger partial charge in [-0.2, -0.15) is 0 Å². The number of amides is 3.